The maximum atomic E-state index is 6.26. The predicted molar refractivity (Wildman–Crippen MR) is 85.9 cm³/mol. The predicted octanol–water partition coefficient (Wildman–Crippen LogP) is 3.68. The van der Waals surface area contributed by atoms with E-state index >= 15 is 0 Å². The fraction of sp³-hybridized carbons (Fsp3) is 0.250. The number of hydrogen-bond acceptors (Lipinski definition) is 3. The Morgan fingerprint density at radius 3 is 2.81 bits per heavy atom. The Kier molecular flexibility index (Phi) is 4.36. The molecule has 0 radical (unpaired) electrons. The lowest BCUT2D eigenvalue weighted by Crippen LogP contribution is -2.29. The average molecular weight is 323 g/mol. The molecule has 1 unspecified atom stereocenters. The number of nitrogens with two attached hydrogens (primary N) is 1. The number of ether oxygens (including phenoxy) is 1. The van der Waals surface area contributed by atoms with Gasteiger partial charge in [0.25, 0.3) is 0 Å². The summed E-state index contributed by atoms with van der Waals surface area (Å²) < 4.78 is 5.74. The second kappa shape index (κ2) is 6.24. The van der Waals surface area contributed by atoms with Crippen LogP contribution in [0.2, 0.25) is 10.0 Å². The fourth-order valence-electron chi connectivity index (χ4n) is 2.73. The Morgan fingerprint density at radius 2 is 2.05 bits per heavy atom. The molecule has 110 valence electrons. The number of rotatable bonds is 4. The molecule has 3 N–H and O–H groups in total. The van der Waals surface area contributed by atoms with Crippen molar-refractivity contribution in [2.75, 3.05) is 6.61 Å². The minimum atomic E-state index is -0.0922. The van der Waals surface area contributed by atoms with E-state index in [0.717, 1.165) is 33.9 Å². The van der Waals surface area contributed by atoms with Gasteiger partial charge in [0.15, 0.2) is 0 Å². The van der Waals surface area contributed by atoms with Crippen molar-refractivity contribution in [2.24, 2.45) is 5.84 Å². The van der Waals surface area contributed by atoms with E-state index in [1.165, 1.54) is 0 Å². The summed E-state index contributed by atoms with van der Waals surface area (Å²) >= 11 is 12.5. The van der Waals surface area contributed by atoms with Crippen LogP contribution in [0.15, 0.2) is 36.4 Å². The van der Waals surface area contributed by atoms with Crippen molar-refractivity contribution in [2.45, 2.75) is 18.9 Å². The molecule has 3 nitrogen and oxygen atoms in total. The molecule has 1 aliphatic heterocycles. The van der Waals surface area contributed by atoms with Crippen molar-refractivity contribution in [1.29, 1.82) is 0 Å². The molecule has 0 spiro atoms. The average Bonchev–Trinajstić information content (AvgIpc) is 2.93. The molecule has 21 heavy (non-hydrogen) atoms. The lowest BCUT2D eigenvalue weighted by Gasteiger charge is -2.19. The van der Waals surface area contributed by atoms with Crippen molar-refractivity contribution in [3.05, 3.63) is 63.1 Å². The summed E-state index contributed by atoms with van der Waals surface area (Å²) in [6, 6.07) is 11.5. The first-order valence-electron chi connectivity index (χ1n) is 6.83. The van der Waals surface area contributed by atoms with Gasteiger partial charge >= 0.3 is 0 Å². The largest absolute Gasteiger partial charge is 0.493 e. The number of hydrogen-bond donors (Lipinski definition) is 2. The van der Waals surface area contributed by atoms with Crippen LogP contribution in [0.5, 0.6) is 5.75 Å². The van der Waals surface area contributed by atoms with Crippen molar-refractivity contribution in [3.63, 3.8) is 0 Å². The summed E-state index contributed by atoms with van der Waals surface area (Å²) in [4.78, 5) is 0. The smallest absolute Gasteiger partial charge is 0.125 e. The van der Waals surface area contributed by atoms with Gasteiger partial charge in [0.1, 0.15) is 5.75 Å². The van der Waals surface area contributed by atoms with Crippen molar-refractivity contribution in [3.8, 4) is 5.75 Å². The first-order valence-corrected chi connectivity index (χ1v) is 7.59. The first-order chi connectivity index (χ1) is 10.2. The van der Waals surface area contributed by atoms with Gasteiger partial charge in [0, 0.05) is 16.5 Å². The monoisotopic (exact) mass is 322 g/mol. The fourth-order valence-corrected chi connectivity index (χ4v) is 3.26. The van der Waals surface area contributed by atoms with E-state index in [0.29, 0.717) is 18.1 Å². The molecule has 0 bridgehead atoms. The maximum Gasteiger partial charge on any atom is 0.125 e. The molecule has 1 aliphatic rings. The van der Waals surface area contributed by atoms with Gasteiger partial charge in [-0.2, -0.15) is 0 Å². The van der Waals surface area contributed by atoms with E-state index < -0.39 is 0 Å². The van der Waals surface area contributed by atoms with Crippen LogP contribution >= 0.6 is 23.2 Å². The standard InChI is InChI=1S/C16H16Cl2N2O/c17-12-7-10-5-6-21-16(10)11(8-12)9-15(20-19)13-3-1-2-4-14(13)18/h1-4,7-8,15,20H,5-6,9,19H2. The second-order valence-corrected chi connectivity index (χ2v) is 5.94. The normalized spacial score (nSPS) is 14.6. The Labute approximate surface area is 134 Å². The highest BCUT2D eigenvalue weighted by Crippen LogP contribution is 2.36. The highest BCUT2D eigenvalue weighted by molar-refractivity contribution is 6.31. The number of nitrogens with one attached hydrogen (secondary N) is 1. The number of hydrazine groups is 1. The van der Waals surface area contributed by atoms with Crippen molar-refractivity contribution < 1.29 is 4.74 Å². The van der Waals surface area contributed by atoms with Crippen LogP contribution in [-0.4, -0.2) is 6.61 Å². The molecule has 5 heteroatoms. The third-order valence-corrected chi connectivity index (χ3v) is 4.29. The van der Waals surface area contributed by atoms with E-state index in [9.17, 15) is 0 Å². The van der Waals surface area contributed by atoms with Crippen LogP contribution in [-0.2, 0) is 12.8 Å². The molecule has 0 amide bonds. The summed E-state index contributed by atoms with van der Waals surface area (Å²) in [7, 11) is 0. The first kappa shape index (κ1) is 14.7. The van der Waals surface area contributed by atoms with Gasteiger partial charge in [0.2, 0.25) is 0 Å². The number of benzene rings is 2. The van der Waals surface area contributed by atoms with Gasteiger partial charge in [-0.25, -0.2) is 0 Å². The Morgan fingerprint density at radius 1 is 1.24 bits per heavy atom. The van der Waals surface area contributed by atoms with Crippen molar-refractivity contribution in [1.82, 2.24) is 5.43 Å². The second-order valence-electron chi connectivity index (χ2n) is 5.10. The molecular formula is C16H16Cl2N2O. The van der Waals surface area contributed by atoms with Crippen molar-refractivity contribution >= 4 is 23.2 Å². The zero-order valence-electron chi connectivity index (χ0n) is 11.4. The van der Waals surface area contributed by atoms with Crippen LogP contribution < -0.4 is 16.0 Å². The molecule has 0 aromatic heterocycles. The van der Waals surface area contributed by atoms with E-state index in [2.05, 4.69) is 5.43 Å². The highest BCUT2D eigenvalue weighted by atomic mass is 35.5. The summed E-state index contributed by atoms with van der Waals surface area (Å²) in [6.45, 7) is 0.704. The minimum Gasteiger partial charge on any atom is -0.493 e. The molecule has 0 saturated carbocycles. The Balaban J connectivity index is 1.94. The highest BCUT2D eigenvalue weighted by Gasteiger charge is 2.21. The summed E-state index contributed by atoms with van der Waals surface area (Å²) in [5.41, 5.74) is 6.01. The zero-order chi connectivity index (χ0) is 14.8. The van der Waals surface area contributed by atoms with E-state index in [-0.39, 0.29) is 6.04 Å². The van der Waals surface area contributed by atoms with Crippen LogP contribution in [0.4, 0.5) is 0 Å². The van der Waals surface area contributed by atoms with Gasteiger partial charge in [-0.15, -0.1) is 0 Å². The van der Waals surface area contributed by atoms with Crippen LogP contribution in [0.25, 0.3) is 0 Å². The van der Waals surface area contributed by atoms with Crippen LogP contribution in [0.1, 0.15) is 22.7 Å². The van der Waals surface area contributed by atoms with Gasteiger partial charge in [-0.05, 0) is 41.3 Å². The summed E-state index contributed by atoms with van der Waals surface area (Å²) in [6.07, 6.45) is 1.57. The van der Waals surface area contributed by atoms with E-state index in [1.807, 2.05) is 36.4 Å². The van der Waals surface area contributed by atoms with Gasteiger partial charge in [0.05, 0.1) is 12.6 Å². The third-order valence-electron chi connectivity index (χ3n) is 3.73. The van der Waals surface area contributed by atoms with Crippen LogP contribution in [0.3, 0.4) is 0 Å². The molecular weight excluding hydrogens is 307 g/mol. The number of halogens is 2. The zero-order valence-corrected chi connectivity index (χ0v) is 12.9. The topological polar surface area (TPSA) is 47.3 Å². The molecule has 0 aliphatic carbocycles. The summed E-state index contributed by atoms with van der Waals surface area (Å²) in [5, 5.41) is 1.42. The molecule has 1 heterocycles. The minimum absolute atomic E-state index is 0.0922. The molecule has 2 aromatic rings. The van der Waals surface area contributed by atoms with Crippen LogP contribution in [0, 0.1) is 0 Å². The van der Waals surface area contributed by atoms with Gasteiger partial charge in [-0.1, -0.05) is 41.4 Å². The SMILES string of the molecule is NNC(Cc1cc(Cl)cc2c1OCC2)c1ccccc1Cl. The molecule has 3 rings (SSSR count). The Hall–Kier alpha value is -1.26. The number of fused-ring (bicyclic) bond motifs is 1. The Bertz CT molecular complexity index is 661. The van der Waals surface area contributed by atoms with Gasteiger partial charge < -0.3 is 4.74 Å². The van der Waals surface area contributed by atoms with E-state index in [1.54, 1.807) is 0 Å². The summed E-state index contributed by atoms with van der Waals surface area (Å²) in [5.74, 6) is 6.66. The molecule has 0 saturated heterocycles. The molecule has 1 atom stereocenters. The molecule has 0 fully saturated rings. The molecule has 2 aromatic carbocycles. The lowest BCUT2D eigenvalue weighted by molar-refractivity contribution is 0.351. The maximum absolute atomic E-state index is 6.26. The van der Waals surface area contributed by atoms with E-state index in [4.69, 9.17) is 33.8 Å². The lowest BCUT2D eigenvalue weighted by atomic mass is 9.97. The third kappa shape index (κ3) is 3.01. The quantitative estimate of drug-likeness (QED) is 0.666. The van der Waals surface area contributed by atoms with Gasteiger partial charge in [-0.3, -0.25) is 11.3 Å².